The van der Waals surface area contributed by atoms with E-state index in [0.717, 1.165) is 36.2 Å². The molecule has 1 aromatic heterocycles. The van der Waals surface area contributed by atoms with Crippen LogP contribution in [0.4, 0.5) is 5.69 Å². The molecule has 1 aliphatic carbocycles. The third kappa shape index (κ3) is 2.00. The fourth-order valence-corrected chi connectivity index (χ4v) is 2.53. The lowest BCUT2D eigenvalue weighted by Gasteiger charge is -2.19. The van der Waals surface area contributed by atoms with Crippen molar-refractivity contribution < 1.29 is 4.92 Å². The van der Waals surface area contributed by atoms with Gasteiger partial charge in [0.1, 0.15) is 0 Å². The highest BCUT2D eigenvalue weighted by molar-refractivity contribution is 5.42. The minimum absolute atomic E-state index is 0.0514. The van der Waals surface area contributed by atoms with Gasteiger partial charge in [-0.15, -0.1) is 0 Å². The summed E-state index contributed by atoms with van der Waals surface area (Å²) in [7, 11) is 0. The number of fused-ring (bicyclic) bond motifs is 1. The second-order valence-electron chi connectivity index (χ2n) is 4.73. The van der Waals surface area contributed by atoms with Crippen molar-refractivity contribution in [3.8, 4) is 5.69 Å². The monoisotopic (exact) mass is 258 g/mol. The molecule has 19 heavy (non-hydrogen) atoms. The van der Waals surface area contributed by atoms with Crippen molar-refractivity contribution >= 4 is 5.69 Å². The highest BCUT2D eigenvalue weighted by Gasteiger charge is 2.22. The topological polar surface area (TPSA) is 87.0 Å². The molecular formula is C13H14N4O2. The lowest BCUT2D eigenvalue weighted by Crippen LogP contribution is -2.17. The van der Waals surface area contributed by atoms with Crippen LogP contribution in [0.2, 0.25) is 0 Å². The van der Waals surface area contributed by atoms with E-state index in [2.05, 4.69) is 5.10 Å². The van der Waals surface area contributed by atoms with Crippen molar-refractivity contribution in [3.63, 3.8) is 0 Å². The number of nitrogens with two attached hydrogens (primary N) is 1. The highest BCUT2D eigenvalue weighted by Crippen LogP contribution is 2.29. The number of hydrogen-bond acceptors (Lipinski definition) is 4. The van der Waals surface area contributed by atoms with Crippen LogP contribution >= 0.6 is 0 Å². The summed E-state index contributed by atoms with van der Waals surface area (Å²) in [6, 6.07) is 6.46. The highest BCUT2D eigenvalue weighted by atomic mass is 16.6. The summed E-state index contributed by atoms with van der Waals surface area (Å²) < 4.78 is 1.83. The van der Waals surface area contributed by atoms with Gasteiger partial charge in [-0.3, -0.25) is 10.1 Å². The zero-order chi connectivity index (χ0) is 13.4. The molecule has 1 aliphatic rings. The predicted octanol–water partition coefficient (Wildman–Crippen LogP) is 2.12. The van der Waals surface area contributed by atoms with Crippen molar-refractivity contribution in [2.45, 2.75) is 25.3 Å². The summed E-state index contributed by atoms with van der Waals surface area (Å²) in [6.07, 6.45) is 4.78. The number of nitro benzene ring substituents is 1. The van der Waals surface area contributed by atoms with Crippen molar-refractivity contribution in [2.24, 2.45) is 5.73 Å². The Morgan fingerprint density at radius 2 is 2.11 bits per heavy atom. The normalized spacial score (nSPS) is 18.1. The van der Waals surface area contributed by atoms with E-state index in [0.29, 0.717) is 0 Å². The molecule has 6 heteroatoms. The molecule has 0 bridgehead atoms. The standard InChI is InChI=1S/C13H14N4O2/c14-12-2-1-3-13-11(12)8-15-16(13)9-4-6-10(7-5-9)17(18)19/h4-8,12H,1-3,14H2. The van der Waals surface area contributed by atoms with E-state index in [1.807, 2.05) is 4.68 Å². The third-order valence-electron chi connectivity index (χ3n) is 3.53. The maximum atomic E-state index is 10.6. The fraction of sp³-hybridized carbons (Fsp3) is 0.308. The average molecular weight is 258 g/mol. The van der Waals surface area contributed by atoms with Gasteiger partial charge in [0.2, 0.25) is 0 Å². The van der Waals surface area contributed by atoms with E-state index in [1.54, 1.807) is 18.3 Å². The van der Waals surface area contributed by atoms with Crippen LogP contribution in [0.3, 0.4) is 0 Å². The fourth-order valence-electron chi connectivity index (χ4n) is 2.53. The zero-order valence-electron chi connectivity index (χ0n) is 10.3. The molecule has 0 spiro atoms. The molecule has 0 fully saturated rings. The number of rotatable bonds is 2. The van der Waals surface area contributed by atoms with E-state index >= 15 is 0 Å². The van der Waals surface area contributed by atoms with E-state index in [1.165, 1.54) is 12.1 Å². The van der Waals surface area contributed by atoms with Gasteiger partial charge in [-0.25, -0.2) is 4.68 Å². The van der Waals surface area contributed by atoms with Crippen LogP contribution in [0.5, 0.6) is 0 Å². The van der Waals surface area contributed by atoms with Crippen LogP contribution in [0.25, 0.3) is 5.69 Å². The van der Waals surface area contributed by atoms with E-state index < -0.39 is 4.92 Å². The van der Waals surface area contributed by atoms with Crippen molar-refractivity contribution in [1.82, 2.24) is 9.78 Å². The largest absolute Gasteiger partial charge is 0.324 e. The molecule has 6 nitrogen and oxygen atoms in total. The smallest absolute Gasteiger partial charge is 0.269 e. The molecule has 2 N–H and O–H groups in total. The van der Waals surface area contributed by atoms with Crippen molar-refractivity contribution in [1.29, 1.82) is 0 Å². The predicted molar refractivity (Wildman–Crippen MR) is 70.1 cm³/mol. The Morgan fingerprint density at radius 3 is 2.79 bits per heavy atom. The Morgan fingerprint density at radius 1 is 1.37 bits per heavy atom. The molecule has 2 aromatic rings. The van der Waals surface area contributed by atoms with Crippen molar-refractivity contribution in [3.05, 3.63) is 51.8 Å². The van der Waals surface area contributed by atoms with Gasteiger partial charge >= 0.3 is 0 Å². The Kier molecular flexibility index (Phi) is 2.79. The maximum absolute atomic E-state index is 10.6. The van der Waals surface area contributed by atoms with Crippen LogP contribution in [0, 0.1) is 10.1 Å². The Balaban J connectivity index is 2.01. The molecule has 1 aromatic carbocycles. The first-order chi connectivity index (χ1) is 9.16. The van der Waals surface area contributed by atoms with Gasteiger partial charge in [0.25, 0.3) is 5.69 Å². The number of nitrogens with zero attached hydrogens (tertiary/aromatic N) is 3. The van der Waals surface area contributed by atoms with Crippen LogP contribution in [0.1, 0.15) is 30.1 Å². The number of nitro groups is 1. The summed E-state index contributed by atoms with van der Waals surface area (Å²) in [5.41, 5.74) is 9.18. The van der Waals surface area contributed by atoms with Gasteiger partial charge in [-0.05, 0) is 31.4 Å². The molecular weight excluding hydrogens is 244 g/mol. The summed E-state index contributed by atoms with van der Waals surface area (Å²) in [5, 5.41) is 15.0. The Labute approximate surface area is 110 Å². The van der Waals surface area contributed by atoms with E-state index in [9.17, 15) is 10.1 Å². The zero-order valence-corrected chi connectivity index (χ0v) is 10.3. The molecule has 1 unspecified atom stereocenters. The molecule has 98 valence electrons. The summed E-state index contributed by atoms with van der Waals surface area (Å²) >= 11 is 0. The van der Waals surface area contributed by atoms with Crippen molar-refractivity contribution in [2.75, 3.05) is 0 Å². The number of benzene rings is 1. The van der Waals surface area contributed by atoms with Crippen LogP contribution in [0.15, 0.2) is 30.5 Å². The first-order valence-electron chi connectivity index (χ1n) is 6.24. The maximum Gasteiger partial charge on any atom is 0.269 e. The number of non-ortho nitro benzene ring substituents is 1. The van der Waals surface area contributed by atoms with E-state index in [-0.39, 0.29) is 11.7 Å². The molecule has 0 radical (unpaired) electrons. The van der Waals surface area contributed by atoms with Gasteiger partial charge in [0.05, 0.1) is 16.8 Å². The van der Waals surface area contributed by atoms with Crippen LogP contribution in [-0.2, 0) is 6.42 Å². The molecule has 3 rings (SSSR count). The van der Waals surface area contributed by atoms with Gasteiger partial charge < -0.3 is 5.73 Å². The minimum atomic E-state index is -0.405. The first-order valence-corrected chi connectivity index (χ1v) is 6.24. The van der Waals surface area contributed by atoms with Gasteiger partial charge in [0, 0.05) is 29.4 Å². The van der Waals surface area contributed by atoms with Crippen LogP contribution < -0.4 is 5.73 Å². The van der Waals surface area contributed by atoms with Gasteiger partial charge in [-0.2, -0.15) is 5.10 Å². The van der Waals surface area contributed by atoms with E-state index in [4.69, 9.17) is 5.73 Å². The lowest BCUT2D eigenvalue weighted by atomic mass is 9.94. The molecule has 0 amide bonds. The first kappa shape index (κ1) is 11.9. The Bertz CT molecular complexity index is 618. The molecule has 1 heterocycles. The third-order valence-corrected chi connectivity index (χ3v) is 3.53. The quantitative estimate of drug-likeness (QED) is 0.660. The number of aromatic nitrogens is 2. The average Bonchev–Trinajstić information content (AvgIpc) is 2.84. The molecule has 0 saturated carbocycles. The van der Waals surface area contributed by atoms with Crippen LogP contribution in [-0.4, -0.2) is 14.7 Å². The lowest BCUT2D eigenvalue weighted by molar-refractivity contribution is -0.384. The minimum Gasteiger partial charge on any atom is -0.324 e. The summed E-state index contributed by atoms with van der Waals surface area (Å²) in [5.74, 6) is 0. The summed E-state index contributed by atoms with van der Waals surface area (Å²) in [4.78, 5) is 10.2. The SMILES string of the molecule is NC1CCCc2c1cnn2-c1ccc([N+](=O)[O-])cc1. The number of hydrogen-bond donors (Lipinski definition) is 1. The molecule has 1 atom stereocenters. The molecule has 0 saturated heterocycles. The Hall–Kier alpha value is -2.21. The second kappa shape index (κ2) is 4.47. The molecule has 0 aliphatic heterocycles. The van der Waals surface area contributed by atoms with Gasteiger partial charge in [0.15, 0.2) is 0 Å². The second-order valence-corrected chi connectivity index (χ2v) is 4.73. The summed E-state index contributed by atoms with van der Waals surface area (Å²) in [6.45, 7) is 0. The van der Waals surface area contributed by atoms with Gasteiger partial charge in [-0.1, -0.05) is 0 Å².